The van der Waals surface area contributed by atoms with Crippen LogP contribution in [0.5, 0.6) is 0 Å². The molecule has 0 aliphatic rings. The van der Waals surface area contributed by atoms with Crippen molar-refractivity contribution in [2.75, 3.05) is 26.4 Å². The number of ether oxygens (including phenoxy) is 2. The maximum absolute atomic E-state index is 5.52. The topological polar surface area (TPSA) is 18.5 Å². The lowest BCUT2D eigenvalue weighted by Gasteiger charge is -2.04. The number of hydrogen-bond donors (Lipinski definition) is 0. The minimum Gasteiger partial charge on any atom is -0.381 e. The van der Waals surface area contributed by atoms with Gasteiger partial charge in [-0.25, -0.2) is 0 Å². The molecule has 2 heteroatoms. The molecule has 0 fully saturated rings. The van der Waals surface area contributed by atoms with Crippen molar-refractivity contribution >= 4 is 0 Å². The Bertz CT molecular complexity index is 113. The van der Waals surface area contributed by atoms with Crippen LogP contribution in [-0.4, -0.2) is 26.4 Å². The third-order valence-corrected chi connectivity index (χ3v) is 2.86. The quantitative estimate of drug-likeness (QED) is 0.295. The van der Waals surface area contributed by atoms with Gasteiger partial charge >= 0.3 is 0 Å². The smallest absolute Gasteiger partial charge is 0.0466 e. The molecule has 0 amide bonds. The molecule has 0 N–H and O–H groups in total. The van der Waals surface area contributed by atoms with E-state index in [0.717, 1.165) is 26.4 Å². The molecule has 0 aliphatic carbocycles. The molecule has 23 heavy (non-hydrogen) atoms. The third-order valence-electron chi connectivity index (χ3n) is 2.86. The minimum atomic E-state index is 0. The van der Waals surface area contributed by atoms with Gasteiger partial charge in [-0.1, -0.05) is 90.5 Å². The fourth-order valence-electron chi connectivity index (χ4n) is 1.64. The van der Waals surface area contributed by atoms with Gasteiger partial charge in [0, 0.05) is 26.4 Å². The maximum Gasteiger partial charge on any atom is 0.0466 e. The summed E-state index contributed by atoms with van der Waals surface area (Å²) in [5, 5.41) is 0. The van der Waals surface area contributed by atoms with E-state index in [0.29, 0.717) is 0 Å². The molecule has 0 rings (SSSR count). The van der Waals surface area contributed by atoms with Crippen LogP contribution in [0.1, 0.15) is 116 Å². The fraction of sp³-hybridized carbons (Fsp3) is 1.00. The average Bonchev–Trinajstić information content (AvgIpc) is 2.35. The number of hydrogen-bond acceptors (Lipinski definition) is 2. The van der Waals surface area contributed by atoms with E-state index in [1.165, 1.54) is 57.8 Å². The Balaban J connectivity index is -0.0000000853. The van der Waals surface area contributed by atoms with Crippen LogP contribution in [0.3, 0.4) is 0 Å². The summed E-state index contributed by atoms with van der Waals surface area (Å²) in [6.45, 7) is 8.20. The first-order chi connectivity index (χ1) is 8.41. The van der Waals surface area contributed by atoms with Crippen LogP contribution in [0.4, 0.5) is 0 Å². The summed E-state index contributed by atoms with van der Waals surface area (Å²) >= 11 is 0. The highest BCUT2D eigenvalue weighted by molar-refractivity contribution is 4.44. The highest BCUT2D eigenvalue weighted by Crippen LogP contribution is 2.04. The van der Waals surface area contributed by atoms with Crippen molar-refractivity contribution in [2.45, 2.75) is 116 Å². The summed E-state index contributed by atoms with van der Waals surface area (Å²) in [5.41, 5.74) is 0. The molecule has 0 atom stereocenters. The molecule has 0 aromatic carbocycles. The van der Waals surface area contributed by atoms with E-state index in [2.05, 4.69) is 13.8 Å². The van der Waals surface area contributed by atoms with Crippen molar-refractivity contribution < 1.29 is 9.47 Å². The minimum absolute atomic E-state index is 0. The highest BCUT2D eigenvalue weighted by atomic mass is 16.5. The van der Waals surface area contributed by atoms with Crippen molar-refractivity contribution in [3.63, 3.8) is 0 Å². The summed E-state index contributed by atoms with van der Waals surface area (Å²) in [5.74, 6) is 0. The lowest BCUT2D eigenvalue weighted by atomic mass is 10.1. The van der Waals surface area contributed by atoms with Crippen molar-refractivity contribution in [1.29, 1.82) is 0 Å². The summed E-state index contributed by atoms with van der Waals surface area (Å²) in [7, 11) is 0. The van der Waals surface area contributed by atoms with Gasteiger partial charge in [0.2, 0.25) is 0 Å². The molecular formula is C21H56O2. The van der Waals surface area contributed by atoms with Gasteiger partial charge in [-0.05, 0) is 25.7 Å². The standard InChI is InChI=1S/C15H32O2.6CH4/c1-3-5-12-16-14-10-8-7-9-11-15-17-13-6-4-2;;;;;;/h3-15H2,1-2H3;6*1H4. The van der Waals surface area contributed by atoms with Crippen molar-refractivity contribution in [2.24, 2.45) is 0 Å². The van der Waals surface area contributed by atoms with Crippen LogP contribution < -0.4 is 0 Å². The summed E-state index contributed by atoms with van der Waals surface area (Å²) in [6, 6.07) is 0. The predicted molar refractivity (Wildman–Crippen MR) is 115 cm³/mol. The molecule has 0 aliphatic heterocycles. The van der Waals surface area contributed by atoms with Gasteiger partial charge in [0.1, 0.15) is 0 Å². The molecule has 152 valence electrons. The van der Waals surface area contributed by atoms with Crippen molar-refractivity contribution in [3.8, 4) is 0 Å². The average molecular weight is 341 g/mol. The summed E-state index contributed by atoms with van der Waals surface area (Å²) < 4.78 is 11.0. The largest absolute Gasteiger partial charge is 0.381 e. The van der Waals surface area contributed by atoms with Crippen molar-refractivity contribution in [1.82, 2.24) is 0 Å². The van der Waals surface area contributed by atoms with E-state index >= 15 is 0 Å². The zero-order valence-electron chi connectivity index (χ0n) is 12.0. The van der Waals surface area contributed by atoms with Crippen LogP contribution in [-0.2, 0) is 9.47 Å². The molecule has 2 nitrogen and oxygen atoms in total. The second-order valence-corrected chi connectivity index (χ2v) is 4.70. The van der Waals surface area contributed by atoms with Gasteiger partial charge < -0.3 is 9.47 Å². The third kappa shape index (κ3) is 44.9. The molecule has 0 saturated heterocycles. The predicted octanol–water partition coefficient (Wildman–Crippen LogP) is 8.39. The van der Waals surface area contributed by atoms with Gasteiger partial charge in [-0.15, -0.1) is 0 Å². The monoisotopic (exact) mass is 340 g/mol. The highest BCUT2D eigenvalue weighted by Gasteiger charge is 1.92. The SMILES string of the molecule is C.C.C.C.C.C.CCCCOCCCCCCCOCCCC. The van der Waals surface area contributed by atoms with Crippen LogP contribution in [0.2, 0.25) is 0 Å². The first-order valence-corrected chi connectivity index (χ1v) is 7.57. The Morgan fingerprint density at radius 3 is 0.957 bits per heavy atom. The van der Waals surface area contributed by atoms with Gasteiger partial charge in [-0.3, -0.25) is 0 Å². The lowest BCUT2D eigenvalue weighted by molar-refractivity contribution is 0.122. The molecule has 0 bridgehead atoms. The molecule has 0 aromatic rings. The van der Waals surface area contributed by atoms with Gasteiger partial charge in [0.15, 0.2) is 0 Å². The Kier molecular flexibility index (Phi) is 81.4. The van der Waals surface area contributed by atoms with E-state index in [9.17, 15) is 0 Å². The first-order valence-electron chi connectivity index (χ1n) is 7.57. The number of unbranched alkanes of at least 4 members (excludes halogenated alkanes) is 6. The van der Waals surface area contributed by atoms with Crippen LogP contribution in [0.25, 0.3) is 0 Å². The van der Waals surface area contributed by atoms with Crippen LogP contribution in [0, 0.1) is 0 Å². The van der Waals surface area contributed by atoms with E-state index < -0.39 is 0 Å². The van der Waals surface area contributed by atoms with Gasteiger partial charge in [0.25, 0.3) is 0 Å². The molecular weight excluding hydrogens is 284 g/mol. The number of rotatable bonds is 14. The zero-order chi connectivity index (χ0) is 12.6. The van der Waals surface area contributed by atoms with Crippen LogP contribution in [0.15, 0.2) is 0 Å². The molecule has 0 radical (unpaired) electrons. The Morgan fingerprint density at radius 2 is 0.652 bits per heavy atom. The second kappa shape index (κ2) is 43.1. The maximum atomic E-state index is 5.52. The molecule has 0 spiro atoms. The zero-order valence-corrected chi connectivity index (χ0v) is 12.0. The molecule has 0 aromatic heterocycles. The Labute approximate surface area is 152 Å². The van der Waals surface area contributed by atoms with E-state index in [-0.39, 0.29) is 44.6 Å². The molecule has 0 saturated carbocycles. The van der Waals surface area contributed by atoms with Crippen LogP contribution >= 0.6 is 0 Å². The fourth-order valence-corrected chi connectivity index (χ4v) is 1.64. The second-order valence-electron chi connectivity index (χ2n) is 4.70. The van der Waals surface area contributed by atoms with E-state index in [4.69, 9.17) is 9.47 Å². The van der Waals surface area contributed by atoms with Gasteiger partial charge in [0.05, 0.1) is 0 Å². The molecule has 0 heterocycles. The van der Waals surface area contributed by atoms with Crippen molar-refractivity contribution in [3.05, 3.63) is 0 Å². The summed E-state index contributed by atoms with van der Waals surface area (Å²) in [6.07, 6.45) is 11.3. The lowest BCUT2D eigenvalue weighted by Crippen LogP contribution is -1.98. The first kappa shape index (κ1) is 43.5. The Hall–Kier alpha value is -0.0800. The normalized spacial score (nSPS) is 8.09. The Morgan fingerprint density at radius 1 is 0.391 bits per heavy atom. The van der Waals surface area contributed by atoms with E-state index in [1.54, 1.807) is 0 Å². The van der Waals surface area contributed by atoms with Gasteiger partial charge in [-0.2, -0.15) is 0 Å². The molecule has 0 unspecified atom stereocenters. The van der Waals surface area contributed by atoms with E-state index in [1.807, 2.05) is 0 Å². The summed E-state index contributed by atoms with van der Waals surface area (Å²) in [4.78, 5) is 0.